The van der Waals surface area contributed by atoms with Gasteiger partial charge in [0.05, 0.1) is 31.0 Å². The van der Waals surface area contributed by atoms with Crippen molar-refractivity contribution >= 4 is 5.91 Å². The van der Waals surface area contributed by atoms with E-state index in [0.29, 0.717) is 12.1 Å². The van der Waals surface area contributed by atoms with Crippen LogP contribution >= 0.6 is 0 Å². The van der Waals surface area contributed by atoms with Gasteiger partial charge in [-0.2, -0.15) is 13.2 Å². The number of nitrogens with one attached hydrogen (secondary N) is 1. The van der Waals surface area contributed by atoms with E-state index in [1.807, 2.05) is 45.0 Å². The van der Waals surface area contributed by atoms with E-state index in [-0.39, 0.29) is 37.9 Å². The Morgan fingerprint density at radius 3 is 2.51 bits per heavy atom. The Balaban J connectivity index is 1.61. The van der Waals surface area contributed by atoms with Gasteiger partial charge in [-0.15, -0.1) is 0 Å². The molecule has 0 spiro atoms. The Morgan fingerprint density at radius 2 is 1.82 bits per heavy atom. The van der Waals surface area contributed by atoms with Crippen molar-refractivity contribution in [1.82, 2.24) is 5.32 Å². The maximum absolute atomic E-state index is 13.7. The van der Waals surface area contributed by atoms with E-state index in [9.17, 15) is 18.0 Å². The SMILES string of the molecule is Cc1ccccc1CO[C@]1(C(=O)NCC(C)C)C[C@@H](OCc2cccc(C(F)(F)F)c2)[C@@H]2OC(C)(C)O[C@@H]2C1. The average Bonchev–Trinajstić information content (AvgIpc) is 3.18. The number of alkyl halides is 3. The molecule has 39 heavy (non-hydrogen) atoms. The Morgan fingerprint density at radius 1 is 1.08 bits per heavy atom. The van der Waals surface area contributed by atoms with Crippen molar-refractivity contribution in [3.05, 3.63) is 70.8 Å². The lowest BCUT2D eigenvalue weighted by atomic mass is 9.78. The van der Waals surface area contributed by atoms with Crippen molar-refractivity contribution < 1.29 is 36.9 Å². The van der Waals surface area contributed by atoms with E-state index in [1.165, 1.54) is 6.07 Å². The van der Waals surface area contributed by atoms with Gasteiger partial charge in [-0.3, -0.25) is 4.79 Å². The fourth-order valence-corrected chi connectivity index (χ4v) is 5.19. The normalized spacial score (nSPS) is 26.4. The minimum absolute atomic E-state index is 0.0803. The number of aryl methyl sites for hydroxylation is 1. The third-order valence-corrected chi connectivity index (χ3v) is 7.22. The fourth-order valence-electron chi connectivity index (χ4n) is 5.19. The van der Waals surface area contributed by atoms with E-state index in [1.54, 1.807) is 19.9 Å². The number of amides is 1. The predicted molar refractivity (Wildman–Crippen MR) is 140 cm³/mol. The summed E-state index contributed by atoms with van der Waals surface area (Å²) in [5.74, 6) is -0.936. The first kappa shape index (κ1) is 29.5. The number of ether oxygens (including phenoxy) is 4. The van der Waals surface area contributed by atoms with Gasteiger partial charge in [0.15, 0.2) is 11.4 Å². The first-order valence-corrected chi connectivity index (χ1v) is 13.4. The molecule has 4 rings (SSSR count). The molecule has 1 saturated heterocycles. The molecule has 1 N–H and O–H groups in total. The standard InChI is InChI=1S/C30H38F3NO5/c1-19(2)16-34-27(35)29(37-18-22-11-7-6-9-20(22)3)14-24(26-25(15-29)38-28(4,5)39-26)36-17-21-10-8-12-23(13-21)30(31,32)33/h6-13,19,24-26H,14-18H2,1-5H3,(H,34,35)/t24-,25-,26+,29-/m1/s1. The summed E-state index contributed by atoms with van der Waals surface area (Å²) in [6.45, 7) is 10.2. The smallest absolute Gasteiger partial charge is 0.371 e. The maximum atomic E-state index is 13.7. The second-order valence-corrected chi connectivity index (χ2v) is 11.4. The van der Waals surface area contributed by atoms with Gasteiger partial charge in [-0.1, -0.05) is 50.2 Å². The summed E-state index contributed by atoms with van der Waals surface area (Å²) in [6.07, 6.45) is -5.67. The molecule has 214 valence electrons. The third kappa shape index (κ3) is 7.20. The Hall–Kier alpha value is -2.46. The van der Waals surface area contributed by atoms with E-state index in [0.717, 1.165) is 23.3 Å². The van der Waals surface area contributed by atoms with E-state index in [4.69, 9.17) is 18.9 Å². The lowest BCUT2D eigenvalue weighted by Crippen LogP contribution is -2.60. The van der Waals surface area contributed by atoms with Crippen LogP contribution in [0, 0.1) is 12.8 Å². The molecule has 4 atom stereocenters. The first-order valence-electron chi connectivity index (χ1n) is 13.4. The van der Waals surface area contributed by atoms with Crippen molar-refractivity contribution in [2.45, 2.75) is 96.6 Å². The van der Waals surface area contributed by atoms with Gasteiger partial charge in [0.1, 0.15) is 6.10 Å². The van der Waals surface area contributed by atoms with Crippen LogP contribution in [-0.4, -0.2) is 42.2 Å². The highest BCUT2D eigenvalue weighted by molar-refractivity contribution is 5.85. The minimum atomic E-state index is -4.45. The molecule has 1 amide bonds. The Bertz CT molecular complexity index is 1150. The summed E-state index contributed by atoms with van der Waals surface area (Å²) in [5.41, 5.74) is 0.362. The summed E-state index contributed by atoms with van der Waals surface area (Å²) in [4.78, 5) is 13.7. The van der Waals surface area contributed by atoms with E-state index >= 15 is 0 Å². The molecule has 0 aromatic heterocycles. The monoisotopic (exact) mass is 549 g/mol. The summed E-state index contributed by atoms with van der Waals surface area (Å²) < 4.78 is 64.8. The highest BCUT2D eigenvalue weighted by atomic mass is 19.4. The second kappa shape index (κ2) is 11.6. The molecule has 2 aliphatic rings. The van der Waals surface area contributed by atoms with Gasteiger partial charge in [0.2, 0.25) is 0 Å². The van der Waals surface area contributed by atoms with Gasteiger partial charge in [-0.05, 0) is 55.5 Å². The van der Waals surface area contributed by atoms with Crippen LogP contribution in [0.2, 0.25) is 0 Å². The van der Waals surface area contributed by atoms with Gasteiger partial charge in [0.25, 0.3) is 5.91 Å². The summed E-state index contributed by atoms with van der Waals surface area (Å²) >= 11 is 0. The number of halogens is 3. The van der Waals surface area contributed by atoms with Crippen LogP contribution in [0.15, 0.2) is 48.5 Å². The molecular formula is C30H38F3NO5. The summed E-state index contributed by atoms with van der Waals surface area (Å²) in [5, 5.41) is 3.02. The van der Waals surface area contributed by atoms with Crippen LogP contribution < -0.4 is 5.32 Å². The lowest BCUT2D eigenvalue weighted by Gasteiger charge is -2.43. The molecule has 2 fully saturated rings. The number of carbonyl (C=O) groups is 1. The van der Waals surface area contributed by atoms with E-state index < -0.39 is 41.4 Å². The molecule has 2 aromatic rings. The van der Waals surface area contributed by atoms with E-state index in [2.05, 4.69) is 5.32 Å². The van der Waals surface area contributed by atoms with Crippen LogP contribution in [0.5, 0.6) is 0 Å². The average molecular weight is 550 g/mol. The molecule has 1 heterocycles. The fraction of sp³-hybridized carbons (Fsp3) is 0.567. The van der Waals surface area contributed by atoms with Gasteiger partial charge >= 0.3 is 6.18 Å². The molecule has 9 heteroatoms. The van der Waals surface area contributed by atoms with Gasteiger partial charge in [0, 0.05) is 19.4 Å². The largest absolute Gasteiger partial charge is 0.416 e. The molecule has 0 unspecified atom stereocenters. The zero-order valence-electron chi connectivity index (χ0n) is 23.1. The molecule has 1 aliphatic heterocycles. The molecule has 0 bridgehead atoms. The topological polar surface area (TPSA) is 66.0 Å². The van der Waals surface area contributed by atoms with Crippen LogP contribution in [0.4, 0.5) is 13.2 Å². The second-order valence-electron chi connectivity index (χ2n) is 11.4. The van der Waals surface area contributed by atoms with Crippen molar-refractivity contribution in [2.24, 2.45) is 5.92 Å². The van der Waals surface area contributed by atoms with Crippen molar-refractivity contribution in [2.75, 3.05) is 6.54 Å². The number of benzene rings is 2. The highest BCUT2D eigenvalue weighted by Crippen LogP contribution is 2.44. The van der Waals surface area contributed by atoms with Crippen molar-refractivity contribution in [3.8, 4) is 0 Å². The third-order valence-electron chi connectivity index (χ3n) is 7.22. The number of fused-ring (bicyclic) bond motifs is 1. The first-order chi connectivity index (χ1) is 18.3. The minimum Gasteiger partial charge on any atom is -0.371 e. The van der Waals surface area contributed by atoms with Crippen LogP contribution in [0.3, 0.4) is 0 Å². The highest BCUT2D eigenvalue weighted by Gasteiger charge is 2.58. The summed E-state index contributed by atoms with van der Waals surface area (Å²) in [7, 11) is 0. The molecular weight excluding hydrogens is 511 g/mol. The quantitative estimate of drug-likeness (QED) is 0.419. The molecule has 1 aliphatic carbocycles. The Labute approximate surface area is 228 Å². The van der Waals surface area contributed by atoms with Crippen LogP contribution in [0.1, 0.15) is 62.8 Å². The molecule has 6 nitrogen and oxygen atoms in total. The molecule has 2 aromatic carbocycles. The number of hydrogen-bond donors (Lipinski definition) is 1. The van der Waals surface area contributed by atoms with Crippen molar-refractivity contribution in [3.63, 3.8) is 0 Å². The summed E-state index contributed by atoms with van der Waals surface area (Å²) in [6, 6.07) is 12.9. The Kier molecular flexibility index (Phi) is 8.76. The van der Waals surface area contributed by atoms with Gasteiger partial charge in [-0.25, -0.2) is 0 Å². The van der Waals surface area contributed by atoms with Crippen LogP contribution in [-0.2, 0) is 43.1 Å². The predicted octanol–water partition coefficient (Wildman–Crippen LogP) is 5.94. The number of carbonyl (C=O) groups excluding carboxylic acids is 1. The maximum Gasteiger partial charge on any atom is 0.416 e. The number of hydrogen-bond acceptors (Lipinski definition) is 5. The van der Waals surface area contributed by atoms with Gasteiger partial charge < -0.3 is 24.3 Å². The number of rotatable bonds is 9. The molecule has 1 saturated carbocycles. The molecule has 0 radical (unpaired) electrons. The van der Waals surface area contributed by atoms with Crippen LogP contribution in [0.25, 0.3) is 0 Å². The zero-order valence-corrected chi connectivity index (χ0v) is 23.1. The zero-order chi connectivity index (χ0) is 28.4. The van der Waals surface area contributed by atoms with Crippen molar-refractivity contribution in [1.29, 1.82) is 0 Å². The lowest BCUT2D eigenvalue weighted by molar-refractivity contribution is -0.183.